The first-order chi connectivity index (χ1) is 13.6. The van der Waals surface area contributed by atoms with E-state index < -0.39 is 0 Å². The summed E-state index contributed by atoms with van der Waals surface area (Å²) in [6.45, 7) is 5.26. The maximum Gasteiger partial charge on any atom is 0.194 e. The molecule has 0 aromatic heterocycles. The first-order valence-corrected chi connectivity index (χ1v) is 9.69. The summed E-state index contributed by atoms with van der Waals surface area (Å²) in [6.07, 6.45) is 1.73. The van der Waals surface area contributed by atoms with Crippen molar-refractivity contribution < 1.29 is 14.6 Å². The highest BCUT2D eigenvalue weighted by atomic mass is 127. The number of rotatable bonds is 6. The zero-order valence-electron chi connectivity index (χ0n) is 17.3. The predicted molar refractivity (Wildman–Crippen MR) is 127 cm³/mol. The third-order valence-corrected chi connectivity index (χ3v) is 4.93. The Hall–Kier alpha value is -2.16. The molecule has 2 N–H and O–H groups in total. The van der Waals surface area contributed by atoms with Crippen molar-refractivity contribution in [2.45, 2.75) is 26.3 Å². The maximum absolute atomic E-state index is 9.61. The molecule has 0 saturated carbocycles. The number of nitrogens with zero attached hydrogens (tertiary/aromatic N) is 2. The van der Waals surface area contributed by atoms with E-state index in [1.54, 1.807) is 26.4 Å². The van der Waals surface area contributed by atoms with E-state index in [4.69, 9.17) is 14.5 Å². The summed E-state index contributed by atoms with van der Waals surface area (Å²) in [6, 6.07) is 11.5. The topological polar surface area (TPSA) is 66.3 Å². The van der Waals surface area contributed by atoms with Gasteiger partial charge in [0.2, 0.25) is 0 Å². The van der Waals surface area contributed by atoms with Crippen molar-refractivity contribution in [3.63, 3.8) is 0 Å². The second kappa shape index (κ2) is 11.1. The van der Waals surface area contributed by atoms with Gasteiger partial charge in [-0.2, -0.15) is 0 Å². The SMILES string of the molecule is CCNC(=NCCc1cccc(O)c1)N1CCc2cc(OC)c(OC)cc2C1.I. The van der Waals surface area contributed by atoms with Crippen LogP contribution in [0.4, 0.5) is 0 Å². The zero-order chi connectivity index (χ0) is 19.9. The lowest BCUT2D eigenvalue weighted by molar-refractivity contribution is 0.346. The van der Waals surface area contributed by atoms with Crippen LogP contribution in [0.1, 0.15) is 23.6 Å². The Kier molecular flexibility index (Phi) is 8.88. The van der Waals surface area contributed by atoms with Crippen molar-refractivity contribution in [2.75, 3.05) is 33.9 Å². The number of fused-ring (bicyclic) bond motifs is 1. The molecule has 1 aliphatic heterocycles. The molecule has 1 heterocycles. The third-order valence-electron chi connectivity index (χ3n) is 4.93. The van der Waals surface area contributed by atoms with Crippen molar-refractivity contribution in [1.29, 1.82) is 0 Å². The average molecular weight is 511 g/mol. The van der Waals surface area contributed by atoms with Crippen molar-refractivity contribution >= 4 is 29.9 Å². The van der Waals surface area contributed by atoms with Gasteiger partial charge in [-0.05, 0) is 60.7 Å². The van der Waals surface area contributed by atoms with Crippen molar-refractivity contribution in [1.82, 2.24) is 10.2 Å². The Bertz CT molecular complexity index is 842. The van der Waals surface area contributed by atoms with Gasteiger partial charge in [-0.25, -0.2) is 0 Å². The molecule has 2 aromatic carbocycles. The van der Waals surface area contributed by atoms with Gasteiger partial charge in [0.1, 0.15) is 5.75 Å². The highest BCUT2D eigenvalue weighted by molar-refractivity contribution is 14.0. The fourth-order valence-electron chi connectivity index (χ4n) is 3.49. The predicted octanol–water partition coefficient (Wildman–Crippen LogP) is 3.59. The lowest BCUT2D eigenvalue weighted by atomic mass is 9.99. The Morgan fingerprint density at radius 3 is 2.52 bits per heavy atom. The second-order valence-electron chi connectivity index (χ2n) is 6.80. The number of ether oxygens (including phenoxy) is 2. The van der Waals surface area contributed by atoms with Crippen LogP contribution in [0.2, 0.25) is 0 Å². The molecule has 0 amide bonds. The van der Waals surface area contributed by atoms with Gasteiger partial charge in [0, 0.05) is 26.2 Å². The van der Waals surface area contributed by atoms with Gasteiger partial charge < -0.3 is 24.8 Å². The molecule has 158 valence electrons. The summed E-state index contributed by atoms with van der Waals surface area (Å²) in [7, 11) is 3.33. The van der Waals surface area contributed by atoms with Gasteiger partial charge in [-0.15, -0.1) is 24.0 Å². The molecule has 0 atom stereocenters. The summed E-state index contributed by atoms with van der Waals surface area (Å²) in [5.41, 5.74) is 3.62. The quantitative estimate of drug-likeness (QED) is 0.353. The van der Waals surface area contributed by atoms with Crippen molar-refractivity contribution in [2.24, 2.45) is 4.99 Å². The number of guanidine groups is 1. The smallest absolute Gasteiger partial charge is 0.194 e. The van der Waals surface area contributed by atoms with E-state index in [1.807, 2.05) is 12.1 Å². The van der Waals surface area contributed by atoms with Crippen LogP contribution in [0.3, 0.4) is 0 Å². The van der Waals surface area contributed by atoms with Gasteiger partial charge in [0.15, 0.2) is 17.5 Å². The van der Waals surface area contributed by atoms with Crippen LogP contribution in [0.25, 0.3) is 0 Å². The van der Waals surface area contributed by atoms with E-state index in [1.165, 1.54) is 11.1 Å². The van der Waals surface area contributed by atoms with Crippen LogP contribution in [0.15, 0.2) is 41.4 Å². The van der Waals surface area contributed by atoms with Gasteiger partial charge >= 0.3 is 0 Å². The molecule has 0 bridgehead atoms. The molecule has 0 radical (unpaired) electrons. The minimum absolute atomic E-state index is 0. The minimum atomic E-state index is 0. The molecule has 7 heteroatoms. The largest absolute Gasteiger partial charge is 0.508 e. The number of nitrogens with one attached hydrogen (secondary N) is 1. The number of methoxy groups -OCH3 is 2. The first-order valence-electron chi connectivity index (χ1n) is 9.69. The molecular weight excluding hydrogens is 481 g/mol. The number of hydrogen-bond donors (Lipinski definition) is 2. The number of hydrogen-bond acceptors (Lipinski definition) is 4. The molecule has 0 aliphatic carbocycles. The number of phenolic OH excluding ortho intramolecular Hbond substituents is 1. The van der Waals surface area contributed by atoms with Crippen LogP contribution < -0.4 is 14.8 Å². The van der Waals surface area contributed by atoms with Crippen molar-refractivity contribution in [3.8, 4) is 17.2 Å². The molecule has 2 aromatic rings. The van der Waals surface area contributed by atoms with Crippen LogP contribution in [0.5, 0.6) is 17.2 Å². The second-order valence-corrected chi connectivity index (χ2v) is 6.80. The monoisotopic (exact) mass is 511 g/mol. The molecular formula is C22H30IN3O3. The number of benzene rings is 2. The first kappa shape index (κ1) is 23.1. The van der Waals surface area contributed by atoms with Crippen LogP contribution >= 0.6 is 24.0 Å². The Morgan fingerprint density at radius 2 is 1.86 bits per heavy atom. The van der Waals surface area contributed by atoms with E-state index in [2.05, 4.69) is 29.3 Å². The summed E-state index contributed by atoms with van der Waals surface area (Å²) < 4.78 is 10.9. The molecule has 3 rings (SSSR count). The Morgan fingerprint density at radius 1 is 1.14 bits per heavy atom. The molecule has 6 nitrogen and oxygen atoms in total. The fourth-order valence-corrected chi connectivity index (χ4v) is 3.49. The normalized spacial score (nSPS) is 13.3. The van der Waals surface area contributed by atoms with Gasteiger partial charge in [0.05, 0.1) is 14.2 Å². The van der Waals surface area contributed by atoms with Crippen molar-refractivity contribution in [3.05, 3.63) is 53.1 Å². The summed E-state index contributed by atoms with van der Waals surface area (Å²) >= 11 is 0. The number of halogens is 1. The summed E-state index contributed by atoms with van der Waals surface area (Å²) in [5, 5.41) is 13.0. The maximum atomic E-state index is 9.61. The molecule has 0 fully saturated rings. The average Bonchev–Trinajstić information content (AvgIpc) is 2.71. The van der Waals surface area contributed by atoms with Crippen LogP contribution in [-0.2, 0) is 19.4 Å². The lowest BCUT2D eigenvalue weighted by Crippen LogP contribution is -2.44. The van der Waals surface area contributed by atoms with E-state index in [-0.39, 0.29) is 24.0 Å². The standard InChI is InChI=1S/C22H29N3O3.HI/c1-4-23-22(24-10-8-16-6-5-7-19(26)12-16)25-11-9-17-13-20(27-2)21(28-3)14-18(17)15-25;/h5-7,12-14,26H,4,8-11,15H2,1-3H3,(H,23,24);1H. The number of aliphatic imine (C=N–C) groups is 1. The van der Waals surface area contributed by atoms with Gasteiger partial charge in [0.25, 0.3) is 0 Å². The molecule has 1 aliphatic rings. The zero-order valence-corrected chi connectivity index (χ0v) is 19.6. The van der Waals surface area contributed by atoms with E-state index in [0.29, 0.717) is 12.3 Å². The highest BCUT2D eigenvalue weighted by Crippen LogP contribution is 2.33. The van der Waals surface area contributed by atoms with E-state index >= 15 is 0 Å². The molecule has 0 spiro atoms. The highest BCUT2D eigenvalue weighted by Gasteiger charge is 2.21. The summed E-state index contributed by atoms with van der Waals surface area (Å²) in [5.74, 6) is 2.75. The van der Waals surface area contributed by atoms with E-state index in [0.717, 1.165) is 55.5 Å². The molecule has 0 saturated heterocycles. The molecule has 29 heavy (non-hydrogen) atoms. The van der Waals surface area contributed by atoms with E-state index in [9.17, 15) is 5.11 Å². The summed E-state index contributed by atoms with van der Waals surface area (Å²) in [4.78, 5) is 7.08. The Balaban J connectivity index is 0.00000300. The van der Waals surface area contributed by atoms with Gasteiger partial charge in [-0.1, -0.05) is 12.1 Å². The minimum Gasteiger partial charge on any atom is -0.508 e. The molecule has 0 unspecified atom stereocenters. The Labute approximate surface area is 190 Å². The van der Waals surface area contributed by atoms with Crippen LogP contribution in [-0.4, -0.2) is 49.8 Å². The van der Waals surface area contributed by atoms with Gasteiger partial charge in [-0.3, -0.25) is 4.99 Å². The third kappa shape index (κ3) is 5.91. The van der Waals surface area contributed by atoms with Crippen LogP contribution in [0, 0.1) is 0 Å². The number of aromatic hydroxyl groups is 1. The number of phenols is 1. The fraction of sp³-hybridized carbons (Fsp3) is 0.409. The lowest BCUT2D eigenvalue weighted by Gasteiger charge is -2.32.